The summed E-state index contributed by atoms with van der Waals surface area (Å²) in [5.74, 6) is -1.23. The Balaban J connectivity index is 1.66. The van der Waals surface area contributed by atoms with Crippen molar-refractivity contribution >= 4 is 27.5 Å². The van der Waals surface area contributed by atoms with Gasteiger partial charge in [-0.15, -0.1) is 0 Å². The first-order chi connectivity index (χ1) is 16.9. The number of hydrogen-bond acceptors (Lipinski definition) is 6. The maximum atomic E-state index is 12.2. The molecule has 0 amide bonds. The maximum absolute atomic E-state index is 12.2. The molecule has 0 radical (unpaired) electrons. The quantitative estimate of drug-likeness (QED) is 0.303. The summed E-state index contributed by atoms with van der Waals surface area (Å²) in [7, 11) is -0.555. The maximum Gasteiger partial charge on any atom is 0.439 e. The number of aryl methyl sites for hydroxylation is 1. The molecule has 0 saturated carbocycles. The minimum atomic E-state index is -0.954. The predicted octanol–water partition coefficient (Wildman–Crippen LogP) is 5.12. The van der Waals surface area contributed by atoms with Crippen molar-refractivity contribution in [3.8, 4) is 34.2 Å². The number of benzene rings is 2. The summed E-state index contributed by atoms with van der Waals surface area (Å²) in [5, 5.41) is 13.8. The van der Waals surface area contributed by atoms with Crippen LogP contribution in [0.2, 0.25) is 0 Å². The topological polar surface area (TPSA) is 123 Å². The third-order valence-electron chi connectivity index (χ3n) is 5.85. The molecule has 0 spiro atoms. The molecule has 0 fully saturated rings. The van der Waals surface area contributed by atoms with Crippen LogP contribution < -0.4 is 10.5 Å². The van der Waals surface area contributed by atoms with Crippen LogP contribution >= 0.6 is 10.5 Å². The summed E-state index contributed by atoms with van der Waals surface area (Å²) in [6, 6.07) is 15.6. The van der Waals surface area contributed by atoms with E-state index < -0.39 is 22.2 Å². The first-order valence-electron chi connectivity index (χ1n) is 11.0. The molecular formula is C25H23N4O5S+. The Morgan fingerprint density at radius 1 is 1.17 bits per heavy atom. The molecule has 9 nitrogen and oxygen atoms in total. The van der Waals surface area contributed by atoms with Crippen LogP contribution in [0.1, 0.15) is 27.9 Å². The number of ether oxygens (including phenoxy) is 1. The molecule has 0 saturated heterocycles. The molecular weight excluding hydrogens is 468 g/mol. The lowest BCUT2D eigenvalue weighted by molar-refractivity contribution is 0.0703. The summed E-state index contributed by atoms with van der Waals surface area (Å²) in [6.45, 7) is 4.40. The highest BCUT2D eigenvalue weighted by Gasteiger charge is 2.34. The summed E-state index contributed by atoms with van der Waals surface area (Å²) in [5.41, 5.74) is 4.46. The molecule has 35 heavy (non-hydrogen) atoms. The fourth-order valence-corrected chi connectivity index (χ4v) is 5.62. The van der Waals surface area contributed by atoms with E-state index in [4.69, 9.17) is 4.74 Å². The van der Waals surface area contributed by atoms with Crippen LogP contribution in [0.15, 0.2) is 57.8 Å². The highest BCUT2D eigenvalue weighted by atomic mass is 32.2. The number of hydrogen-bond donors (Lipinski definition) is 2. The lowest BCUT2D eigenvalue weighted by Crippen LogP contribution is -2.05. The fourth-order valence-electron chi connectivity index (χ4n) is 4.14. The van der Waals surface area contributed by atoms with Crippen molar-refractivity contribution < 1.29 is 19.2 Å². The fraction of sp³-hybridized carbons (Fsp3) is 0.200. The van der Waals surface area contributed by atoms with Gasteiger partial charge in [-0.05, 0) is 40.2 Å². The number of nitrogens with zero attached hydrogens (tertiary/aromatic N) is 3. The zero-order valence-electron chi connectivity index (χ0n) is 19.4. The second-order valence-electron chi connectivity index (χ2n) is 8.01. The molecule has 3 heterocycles. The van der Waals surface area contributed by atoms with Crippen LogP contribution in [0.4, 0.5) is 0 Å². The van der Waals surface area contributed by atoms with Gasteiger partial charge in [0.1, 0.15) is 11.8 Å². The molecule has 5 aromatic rings. The Bertz CT molecular complexity index is 1610. The van der Waals surface area contributed by atoms with Crippen molar-refractivity contribution in [1.82, 2.24) is 19.7 Å². The lowest BCUT2D eigenvalue weighted by atomic mass is 9.99. The van der Waals surface area contributed by atoms with Crippen LogP contribution in [-0.4, -0.2) is 37.4 Å². The number of carboxylic acid groups (broad SMARTS) is 1. The summed E-state index contributed by atoms with van der Waals surface area (Å²) in [6.07, 6.45) is 2.71. The third kappa shape index (κ3) is 3.81. The van der Waals surface area contributed by atoms with Crippen LogP contribution in [0.5, 0.6) is 6.01 Å². The molecule has 0 aliphatic heterocycles. The van der Waals surface area contributed by atoms with Gasteiger partial charge >= 0.3 is 17.7 Å². The van der Waals surface area contributed by atoms with Gasteiger partial charge in [-0.2, -0.15) is 4.98 Å². The van der Waals surface area contributed by atoms with Gasteiger partial charge in [-0.3, -0.25) is 14.1 Å². The molecule has 0 aliphatic carbocycles. The van der Waals surface area contributed by atoms with E-state index in [9.17, 15) is 14.7 Å². The summed E-state index contributed by atoms with van der Waals surface area (Å²) in [4.78, 5) is 32.2. The van der Waals surface area contributed by atoms with Crippen molar-refractivity contribution in [2.24, 2.45) is 6.26 Å². The number of carbonyl (C=O) groups is 1. The Kier molecular flexibility index (Phi) is 5.73. The van der Waals surface area contributed by atoms with E-state index in [-0.39, 0.29) is 0 Å². The van der Waals surface area contributed by atoms with Crippen LogP contribution in [0.3, 0.4) is 0 Å². The average Bonchev–Trinajstić information content (AvgIpc) is 3.52. The van der Waals surface area contributed by atoms with E-state index in [1.165, 1.54) is 0 Å². The van der Waals surface area contributed by atoms with E-state index in [1.807, 2.05) is 68.6 Å². The van der Waals surface area contributed by atoms with Gasteiger partial charge in [0.2, 0.25) is 0 Å². The first-order valence-corrected chi connectivity index (χ1v) is 12.7. The number of nitrogens with one attached hydrogen (secondary N) is 1. The van der Waals surface area contributed by atoms with E-state index >= 15 is 0 Å². The van der Waals surface area contributed by atoms with Crippen molar-refractivity contribution in [2.45, 2.75) is 20.3 Å². The van der Waals surface area contributed by atoms with Crippen molar-refractivity contribution in [1.29, 1.82) is 0 Å². The molecule has 0 aliphatic rings. The number of H-pyrrole nitrogens is 1. The Morgan fingerprint density at radius 2 is 1.89 bits per heavy atom. The highest BCUT2D eigenvalue weighted by molar-refractivity contribution is 7.32. The second kappa shape index (κ2) is 8.88. The predicted molar refractivity (Wildman–Crippen MR) is 134 cm³/mol. The number of rotatable bonds is 7. The summed E-state index contributed by atoms with van der Waals surface area (Å²) >= 11 is 0. The molecule has 5 rings (SSSR count). The zero-order valence-corrected chi connectivity index (χ0v) is 20.2. The molecule has 10 heteroatoms. The molecule has 1 unspecified atom stereocenters. The Hall–Kier alpha value is -4.18. The van der Waals surface area contributed by atoms with Crippen molar-refractivity contribution in [3.05, 3.63) is 68.8 Å². The van der Waals surface area contributed by atoms with Crippen LogP contribution in [-0.2, 0) is 6.26 Å². The molecule has 0 bridgehead atoms. The monoisotopic (exact) mass is 491 g/mol. The van der Waals surface area contributed by atoms with Gasteiger partial charge in [0, 0.05) is 12.5 Å². The number of aromatic nitrogens is 4. The van der Waals surface area contributed by atoms with Crippen LogP contribution in [0.25, 0.3) is 39.2 Å². The highest BCUT2D eigenvalue weighted by Crippen LogP contribution is 2.41. The molecule has 2 N–H and O–H groups in total. The molecule has 178 valence electrons. The van der Waals surface area contributed by atoms with Gasteiger partial charge in [0.15, 0.2) is 16.2 Å². The van der Waals surface area contributed by atoms with Crippen molar-refractivity contribution in [3.63, 3.8) is 0 Å². The average molecular weight is 492 g/mol. The lowest BCUT2D eigenvalue weighted by Gasteiger charge is -2.11. The van der Waals surface area contributed by atoms with E-state index in [0.29, 0.717) is 34.4 Å². The van der Waals surface area contributed by atoms with E-state index in [1.54, 1.807) is 4.57 Å². The van der Waals surface area contributed by atoms with E-state index in [2.05, 4.69) is 19.6 Å². The minimum Gasteiger partial charge on any atom is -0.474 e. The van der Waals surface area contributed by atoms with Gasteiger partial charge in [0.25, 0.3) is 4.88 Å². The Labute approximate surface area is 202 Å². The number of aromatic carboxylic acids is 1. The third-order valence-corrected chi connectivity index (χ3v) is 7.94. The minimum absolute atomic E-state index is 0.334. The van der Waals surface area contributed by atoms with Gasteiger partial charge in [-0.1, -0.05) is 48.5 Å². The van der Waals surface area contributed by atoms with Crippen molar-refractivity contribution in [2.75, 3.05) is 6.61 Å². The standard InChI is InChI=1S/C25H22N4O5S/c1-4-13-33-24-26-19-14(2)35(3)21(23(30)31)20(19)29(24)16-11-9-15(10-12-16)17-7-5-6-8-18(17)22-27-25(32)34-28-22/h5-12H,4,13H2,1-3H3,(H-,27,28,30,31,32)/p+1. The van der Waals surface area contributed by atoms with E-state index in [0.717, 1.165) is 33.7 Å². The normalized spacial score (nSPS) is 11.8. The largest absolute Gasteiger partial charge is 0.474 e. The molecule has 3 aromatic heterocycles. The number of thiophene rings is 1. The summed E-state index contributed by atoms with van der Waals surface area (Å²) < 4.78 is 12.4. The van der Waals surface area contributed by atoms with Gasteiger partial charge in [-0.25, -0.2) is 9.59 Å². The number of aromatic amines is 1. The van der Waals surface area contributed by atoms with Gasteiger partial charge in [0.05, 0.1) is 12.3 Å². The Morgan fingerprint density at radius 3 is 2.51 bits per heavy atom. The van der Waals surface area contributed by atoms with Crippen LogP contribution in [0, 0.1) is 6.92 Å². The second-order valence-corrected chi connectivity index (χ2v) is 10.1. The number of carboxylic acids is 1. The SMILES string of the molecule is CCCOc1nc2c(C)[s+](C)c(C(=O)O)c2n1-c1ccc(-c2ccccc2-c2noc(=O)[nH]2)cc1. The molecule has 2 aromatic carbocycles. The first kappa shape index (κ1) is 22.6. The molecule has 1 atom stereocenters. The smallest absolute Gasteiger partial charge is 0.439 e. The number of fused-ring (bicyclic) bond motifs is 1. The zero-order chi connectivity index (χ0) is 24.7. The van der Waals surface area contributed by atoms with Gasteiger partial charge < -0.3 is 9.84 Å². The number of imidazole rings is 1.